The van der Waals surface area contributed by atoms with Crippen LogP contribution in [0.2, 0.25) is 0 Å². The lowest BCUT2D eigenvalue weighted by molar-refractivity contribution is -0.137. The molecule has 3 amide bonds. The first-order valence-electron chi connectivity index (χ1n) is 10.9. The van der Waals surface area contributed by atoms with Crippen LogP contribution in [0.15, 0.2) is 70.1 Å². The second-order valence-corrected chi connectivity index (χ2v) is 9.16. The number of rotatable bonds is 11. The number of hydrogen-bond acceptors (Lipinski definition) is 6. The molecule has 0 saturated heterocycles. The fourth-order valence-electron chi connectivity index (χ4n) is 3.30. The predicted octanol–water partition coefficient (Wildman–Crippen LogP) is 4.49. The first kappa shape index (κ1) is 24.5. The van der Waals surface area contributed by atoms with Crippen molar-refractivity contribution in [2.75, 3.05) is 30.9 Å². The minimum Gasteiger partial charge on any atom is -0.385 e. The molecule has 0 radical (unpaired) electrons. The zero-order chi connectivity index (χ0) is 23.8. The van der Waals surface area contributed by atoms with E-state index in [4.69, 9.17) is 4.74 Å². The van der Waals surface area contributed by atoms with Crippen molar-refractivity contribution < 1.29 is 19.1 Å². The van der Waals surface area contributed by atoms with E-state index in [0.717, 1.165) is 10.6 Å². The minimum atomic E-state index is -0.347. The number of thioether (sulfide) groups is 1. The third kappa shape index (κ3) is 6.69. The van der Waals surface area contributed by atoms with Gasteiger partial charge in [-0.1, -0.05) is 43.8 Å². The van der Waals surface area contributed by atoms with Gasteiger partial charge in [-0.15, -0.1) is 0 Å². The van der Waals surface area contributed by atoms with Crippen LogP contribution in [0.5, 0.6) is 0 Å². The average molecular weight is 468 g/mol. The summed E-state index contributed by atoms with van der Waals surface area (Å²) < 4.78 is 5.06. The fourth-order valence-corrected chi connectivity index (χ4v) is 4.25. The van der Waals surface area contributed by atoms with Gasteiger partial charge in [-0.2, -0.15) is 0 Å². The Kier molecular flexibility index (Phi) is 8.68. The molecule has 0 aromatic heterocycles. The van der Waals surface area contributed by atoms with E-state index in [1.165, 1.54) is 16.7 Å². The number of carbonyl (C=O) groups excluding carboxylic acids is 3. The molecule has 0 bridgehead atoms. The monoisotopic (exact) mass is 467 g/mol. The maximum absolute atomic E-state index is 13.1. The molecule has 7 nitrogen and oxygen atoms in total. The first-order valence-corrected chi connectivity index (χ1v) is 11.7. The quantitative estimate of drug-likeness (QED) is 0.374. The van der Waals surface area contributed by atoms with Crippen LogP contribution in [0.4, 0.5) is 11.4 Å². The Labute approximate surface area is 198 Å². The Hall–Kier alpha value is -3.10. The highest BCUT2D eigenvalue weighted by molar-refractivity contribution is 8.04. The minimum absolute atomic E-state index is 0.0364. The molecule has 2 aromatic carbocycles. The molecule has 3 rings (SSSR count). The van der Waals surface area contributed by atoms with Gasteiger partial charge < -0.3 is 15.4 Å². The highest BCUT2D eigenvalue weighted by atomic mass is 32.2. The molecule has 8 heteroatoms. The highest BCUT2D eigenvalue weighted by Gasteiger charge is 2.38. The van der Waals surface area contributed by atoms with Gasteiger partial charge in [-0.3, -0.25) is 19.3 Å². The smallest absolute Gasteiger partial charge is 0.278 e. The fraction of sp³-hybridized carbons (Fsp3) is 0.320. The molecule has 2 N–H and O–H groups in total. The van der Waals surface area contributed by atoms with E-state index in [2.05, 4.69) is 10.6 Å². The Balaban J connectivity index is 1.79. The Morgan fingerprint density at radius 1 is 1.00 bits per heavy atom. The summed E-state index contributed by atoms with van der Waals surface area (Å²) >= 11 is 1.23. The number of nitrogens with one attached hydrogen (secondary N) is 2. The van der Waals surface area contributed by atoms with Crippen LogP contribution in [0, 0.1) is 5.92 Å². The maximum atomic E-state index is 13.1. The molecular formula is C25H29N3O4S. The zero-order valence-corrected chi connectivity index (χ0v) is 19.9. The number of carbonyl (C=O) groups is 3. The van der Waals surface area contributed by atoms with Gasteiger partial charge in [0.25, 0.3) is 11.8 Å². The summed E-state index contributed by atoms with van der Waals surface area (Å²) in [7, 11) is 1.59. The first-order chi connectivity index (χ1) is 15.9. The largest absolute Gasteiger partial charge is 0.385 e. The molecule has 0 atom stereocenters. The molecule has 2 aromatic rings. The predicted molar refractivity (Wildman–Crippen MR) is 131 cm³/mol. The SMILES string of the molecule is COCCCN1C(=O)C(Nc2ccccc2)=C(Sc2ccc(NC(=O)CC(C)C)cc2)C1=O. The van der Waals surface area contributed by atoms with Crippen LogP contribution < -0.4 is 10.6 Å². The van der Waals surface area contributed by atoms with E-state index < -0.39 is 0 Å². The molecule has 0 fully saturated rings. The van der Waals surface area contributed by atoms with E-state index in [1.807, 2.05) is 56.3 Å². The number of anilines is 2. The lowest BCUT2D eigenvalue weighted by atomic mass is 10.1. The third-order valence-electron chi connectivity index (χ3n) is 4.85. The summed E-state index contributed by atoms with van der Waals surface area (Å²) in [4.78, 5) is 40.6. The van der Waals surface area contributed by atoms with Gasteiger partial charge in [0.05, 0.1) is 0 Å². The van der Waals surface area contributed by atoms with Crippen molar-refractivity contribution in [2.45, 2.75) is 31.6 Å². The second kappa shape index (κ2) is 11.7. The summed E-state index contributed by atoms with van der Waals surface area (Å²) in [5, 5.41) is 6.00. The van der Waals surface area contributed by atoms with Gasteiger partial charge in [0.2, 0.25) is 5.91 Å². The van der Waals surface area contributed by atoms with E-state index >= 15 is 0 Å². The summed E-state index contributed by atoms with van der Waals surface area (Å²) in [6.45, 7) is 4.74. The maximum Gasteiger partial charge on any atom is 0.278 e. The molecule has 174 valence electrons. The number of hydrogen-bond donors (Lipinski definition) is 2. The number of benzene rings is 2. The van der Waals surface area contributed by atoms with E-state index in [9.17, 15) is 14.4 Å². The van der Waals surface area contributed by atoms with Crippen LogP contribution in [0.1, 0.15) is 26.7 Å². The summed E-state index contributed by atoms with van der Waals surface area (Å²) in [5.41, 5.74) is 1.69. The van der Waals surface area contributed by atoms with Crippen LogP contribution in [0.25, 0.3) is 0 Å². The van der Waals surface area contributed by atoms with Crippen molar-refractivity contribution in [2.24, 2.45) is 5.92 Å². The van der Waals surface area contributed by atoms with Gasteiger partial charge >= 0.3 is 0 Å². The van der Waals surface area contributed by atoms with Crippen LogP contribution in [0.3, 0.4) is 0 Å². The molecule has 1 heterocycles. The van der Waals surface area contributed by atoms with Crippen molar-refractivity contribution >= 4 is 40.9 Å². The summed E-state index contributed by atoms with van der Waals surface area (Å²) in [5.74, 6) is -0.431. The molecular weight excluding hydrogens is 438 g/mol. The molecule has 0 spiro atoms. The van der Waals surface area contributed by atoms with Gasteiger partial charge in [0.1, 0.15) is 10.6 Å². The lowest BCUT2D eigenvalue weighted by Crippen LogP contribution is -2.33. The summed E-state index contributed by atoms with van der Waals surface area (Å²) in [6, 6.07) is 16.5. The third-order valence-corrected chi connectivity index (χ3v) is 5.94. The lowest BCUT2D eigenvalue weighted by Gasteiger charge is -2.14. The zero-order valence-electron chi connectivity index (χ0n) is 19.1. The van der Waals surface area contributed by atoms with Crippen LogP contribution >= 0.6 is 11.8 Å². The van der Waals surface area contributed by atoms with E-state index in [1.54, 1.807) is 19.2 Å². The van der Waals surface area contributed by atoms with Crippen molar-refractivity contribution in [3.63, 3.8) is 0 Å². The number of nitrogens with zero attached hydrogens (tertiary/aromatic N) is 1. The van der Waals surface area contributed by atoms with Crippen molar-refractivity contribution in [1.29, 1.82) is 0 Å². The second-order valence-electron chi connectivity index (χ2n) is 8.08. The topological polar surface area (TPSA) is 87.7 Å². The molecule has 0 aliphatic carbocycles. The number of amides is 3. The van der Waals surface area contributed by atoms with Crippen LogP contribution in [-0.2, 0) is 19.1 Å². The molecule has 1 aliphatic rings. The van der Waals surface area contributed by atoms with Crippen molar-refractivity contribution in [1.82, 2.24) is 4.90 Å². The number of imide groups is 1. The molecule has 1 aliphatic heterocycles. The standard InChI is InChI=1S/C25H29N3O4S/c1-17(2)16-21(29)26-19-10-12-20(13-11-19)33-23-22(27-18-8-5-4-6-9-18)24(30)28(25(23)31)14-7-15-32-3/h4-6,8-13,17,27H,7,14-16H2,1-3H3,(H,26,29). The molecule has 0 unspecified atom stereocenters. The molecule has 0 saturated carbocycles. The number of ether oxygens (including phenoxy) is 1. The van der Waals surface area contributed by atoms with Crippen molar-refractivity contribution in [3.8, 4) is 0 Å². The van der Waals surface area contributed by atoms with Gasteiger partial charge in [0.15, 0.2) is 0 Å². The number of methoxy groups -OCH3 is 1. The van der Waals surface area contributed by atoms with Gasteiger partial charge in [-0.05, 0) is 48.7 Å². The van der Waals surface area contributed by atoms with E-state index in [0.29, 0.717) is 30.0 Å². The highest BCUT2D eigenvalue weighted by Crippen LogP contribution is 2.36. The average Bonchev–Trinajstić information content (AvgIpc) is 2.99. The Morgan fingerprint density at radius 3 is 2.33 bits per heavy atom. The Bertz CT molecular complexity index is 1020. The van der Waals surface area contributed by atoms with E-state index in [-0.39, 0.29) is 35.9 Å². The van der Waals surface area contributed by atoms with Gasteiger partial charge in [0, 0.05) is 43.0 Å². The Morgan fingerprint density at radius 2 is 1.70 bits per heavy atom. The normalized spacial score (nSPS) is 13.8. The molecule has 33 heavy (non-hydrogen) atoms. The van der Waals surface area contributed by atoms with Gasteiger partial charge in [-0.25, -0.2) is 0 Å². The number of para-hydroxylation sites is 1. The summed E-state index contributed by atoms with van der Waals surface area (Å²) in [6.07, 6.45) is 1.02. The van der Waals surface area contributed by atoms with Crippen LogP contribution in [-0.4, -0.2) is 42.9 Å². The van der Waals surface area contributed by atoms with Crippen molar-refractivity contribution in [3.05, 3.63) is 65.2 Å².